The van der Waals surface area contributed by atoms with Gasteiger partial charge in [0.05, 0.1) is 0 Å². The molecule has 0 fully saturated rings. The number of aryl methyl sites for hydroxylation is 1. The molecule has 0 spiro atoms. The average Bonchev–Trinajstić information content (AvgIpc) is 2.39. The Labute approximate surface area is 120 Å². The van der Waals surface area contributed by atoms with E-state index in [1.165, 1.54) is 16.7 Å². The fourth-order valence-corrected chi connectivity index (χ4v) is 2.52. The lowest BCUT2D eigenvalue weighted by molar-refractivity contribution is 0.719. The van der Waals surface area contributed by atoms with Gasteiger partial charge in [0, 0.05) is 11.1 Å². The summed E-state index contributed by atoms with van der Waals surface area (Å²) in [5, 5.41) is 0.768. The standard InChI is InChI=1S/C17H20ClN/c1-2-5-13-6-3-8-15(10-13)17(19)12-14-7-4-9-16(18)11-14/h3-4,6-11,17H,2,5,12,19H2,1H3. The van der Waals surface area contributed by atoms with Crippen LogP contribution in [0.4, 0.5) is 0 Å². The molecule has 2 aromatic rings. The normalized spacial score (nSPS) is 12.4. The van der Waals surface area contributed by atoms with Crippen LogP contribution in [0.2, 0.25) is 5.02 Å². The highest BCUT2D eigenvalue weighted by molar-refractivity contribution is 6.30. The van der Waals surface area contributed by atoms with Crippen molar-refractivity contribution in [1.82, 2.24) is 0 Å². The second kappa shape index (κ2) is 6.74. The van der Waals surface area contributed by atoms with Crippen molar-refractivity contribution in [3.63, 3.8) is 0 Å². The lowest BCUT2D eigenvalue weighted by Crippen LogP contribution is -2.13. The highest BCUT2D eigenvalue weighted by Gasteiger charge is 2.08. The van der Waals surface area contributed by atoms with E-state index in [2.05, 4.69) is 37.3 Å². The van der Waals surface area contributed by atoms with Crippen molar-refractivity contribution >= 4 is 11.6 Å². The zero-order valence-corrected chi connectivity index (χ0v) is 12.0. The number of hydrogen-bond acceptors (Lipinski definition) is 1. The summed E-state index contributed by atoms with van der Waals surface area (Å²) in [6.45, 7) is 2.19. The van der Waals surface area contributed by atoms with Crippen LogP contribution in [0.25, 0.3) is 0 Å². The van der Waals surface area contributed by atoms with Crippen molar-refractivity contribution in [3.8, 4) is 0 Å². The Hall–Kier alpha value is -1.31. The first-order chi connectivity index (χ1) is 9.19. The number of benzene rings is 2. The Morgan fingerprint density at radius 3 is 2.53 bits per heavy atom. The van der Waals surface area contributed by atoms with Crippen molar-refractivity contribution < 1.29 is 0 Å². The van der Waals surface area contributed by atoms with Gasteiger partial charge in [-0.05, 0) is 41.7 Å². The smallest absolute Gasteiger partial charge is 0.0408 e. The van der Waals surface area contributed by atoms with Gasteiger partial charge in [0.25, 0.3) is 0 Å². The molecule has 1 nitrogen and oxygen atoms in total. The van der Waals surface area contributed by atoms with Gasteiger partial charge in [-0.1, -0.05) is 61.3 Å². The highest BCUT2D eigenvalue weighted by Crippen LogP contribution is 2.20. The van der Waals surface area contributed by atoms with Crippen LogP contribution >= 0.6 is 11.6 Å². The number of rotatable bonds is 5. The number of hydrogen-bond donors (Lipinski definition) is 1. The zero-order chi connectivity index (χ0) is 13.7. The van der Waals surface area contributed by atoms with Crippen LogP contribution in [-0.2, 0) is 12.8 Å². The number of halogens is 1. The van der Waals surface area contributed by atoms with Crippen LogP contribution in [0.1, 0.15) is 36.1 Å². The summed E-state index contributed by atoms with van der Waals surface area (Å²) in [5.74, 6) is 0. The molecule has 0 saturated carbocycles. The quantitative estimate of drug-likeness (QED) is 0.851. The van der Waals surface area contributed by atoms with Gasteiger partial charge in [0.2, 0.25) is 0 Å². The molecule has 0 aliphatic rings. The third-order valence-corrected chi connectivity index (χ3v) is 3.50. The third-order valence-electron chi connectivity index (χ3n) is 3.26. The maximum Gasteiger partial charge on any atom is 0.0408 e. The van der Waals surface area contributed by atoms with Crippen LogP contribution in [-0.4, -0.2) is 0 Å². The van der Waals surface area contributed by atoms with Gasteiger partial charge in [0.15, 0.2) is 0 Å². The monoisotopic (exact) mass is 273 g/mol. The largest absolute Gasteiger partial charge is 0.324 e. The molecule has 2 rings (SSSR count). The first-order valence-electron chi connectivity index (χ1n) is 6.78. The van der Waals surface area contributed by atoms with Crippen molar-refractivity contribution in [1.29, 1.82) is 0 Å². The van der Waals surface area contributed by atoms with Crippen LogP contribution in [0, 0.1) is 0 Å². The van der Waals surface area contributed by atoms with Crippen molar-refractivity contribution in [3.05, 3.63) is 70.2 Å². The molecule has 0 amide bonds. The third kappa shape index (κ3) is 4.09. The first-order valence-corrected chi connectivity index (χ1v) is 7.15. The molecule has 100 valence electrons. The summed E-state index contributed by atoms with van der Waals surface area (Å²) in [4.78, 5) is 0. The Morgan fingerprint density at radius 2 is 1.79 bits per heavy atom. The Balaban J connectivity index is 2.11. The molecule has 2 N–H and O–H groups in total. The minimum Gasteiger partial charge on any atom is -0.324 e. The van der Waals surface area contributed by atoms with E-state index in [-0.39, 0.29) is 6.04 Å². The van der Waals surface area contributed by atoms with E-state index in [9.17, 15) is 0 Å². The number of nitrogens with two attached hydrogens (primary N) is 1. The predicted octanol–water partition coefficient (Wildman–Crippen LogP) is 4.54. The average molecular weight is 274 g/mol. The van der Waals surface area contributed by atoms with E-state index in [1.807, 2.05) is 18.2 Å². The minimum atomic E-state index is 0.0234. The Kier molecular flexibility index (Phi) is 5.00. The van der Waals surface area contributed by atoms with Gasteiger partial charge < -0.3 is 5.73 Å². The fourth-order valence-electron chi connectivity index (χ4n) is 2.30. The van der Waals surface area contributed by atoms with Crippen molar-refractivity contribution in [2.75, 3.05) is 0 Å². The molecule has 0 bridgehead atoms. The lowest BCUT2D eigenvalue weighted by atomic mass is 9.97. The zero-order valence-electron chi connectivity index (χ0n) is 11.3. The molecule has 1 atom stereocenters. The Bertz CT molecular complexity index is 536. The molecule has 2 heteroatoms. The van der Waals surface area contributed by atoms with Gasteiger partial charge in [-0.15, -0.1) is 0 Å². The SMILES string of the molecule is CCCc1cccc(C(N)Cc2cccc(Cl)c2)c1. The van der Waals surface area contributed by atoms with Crippen molar-refractivity contribution in [2.45, 2.75) is 32.2 Å². The first kappa shape index (κ1) is 14.1. The fraction of sp³-hybridized carbons (Fsp3) is 0.294. The second-order valence-corrected chi connectivity index (χ2v) is 5.37. The van der Waals surface area contributed by atoms with Crippen LogP contribution in [0.5, 0.6) is 0 Å². The van der Waals surface area contributed by atoms with E-state index < -0.39 is 0 Å². The van der Waals surface area contributed by atoms with Gasteiger partial charge >= 0.3 is 0 Å². The van der Waals surface area contributed by atoms with Gasteiger partial charge in [-0.2, -0.15) is 0 Å². The molecule has 1 unspecified atom stereocenters. The molecular weight excluding hydrogens is 254 g/mol. The second-order valence-electron chi connectivity index (χ2n) is 4.94. The molecule has 19 heavy (non-hydrogen) atoms. The van der Waals surface area contributed by atoms with E-state index in [0.29, 0.717) is 0 Å². The summed E-state index contributed by atoms with van der Waals surface area (Å²) in [7, 11) is 0. The summed E-state index contributed by atoms with van der Waals surface area (Å²) in [6, 6.07) is 16.5. The van der Waals surface area contributed by atoms with E-state index >= 15 is 0 Å². The van der Waals surface area contributed by atoms with Crippen LogP contribution in [0.15, 0.2) is 48.5 Å². The molecular formula is C17H20ClN. The van der Waals surface area contributed by atoms with E-state index in [4.69, 9.17) is 17.3 Å². The maximum atomic E-state index is 6.30. The van der Waals surface area contributed by atoms with Gasteiger partial charge in [-0.25, -0.2) is 0 Å². The Morgan fingerprint density at radius 1 is 1.05 bits per heavy atom. The van der Waals surface area contributed by atoms with Crippen LogP contribution in [0.3, 0.4) is 0 Å². The summed E-state index contributed by atoms with van der Waals surface area (Å²) < 4.78 is 0. The maximum absolute atomic E-state index is 6.30. The molecule has 0 radical (unpaired) electrons. The topological polar surface area (TPSA) is 26.0 Å². The summed E-state index contributed by atoms with van der Waals surface area (Å²) in [6.07, 6.45) is 3.08. The van der Waals surface area contributed by atoms with E-state index in [1.54, 1.807) is 0 Å². The van der Waals surface area contributed by atoms with Crippen LogP contribution < -0.4 is 5.73 Å². The van der Waals surface area contributed by atoms with Crippen molar-refractivity contribution in [2.24, 2.45) is 5.73 Å². The molecule has 2 aromatic carbocycles. The summed E-state index contributed by atoms with van der Waals surface area (Å²) in [5.41, 5.74) is 10.0. The molecule has 0 saturated heterocycles. The molecule has 0 aliphatic carbocycles. The van der Waals surface area contributed by atoms with Gasteiger partial charge in [-0.3, -0.25) is 0 Å². The summed E-state index contributed by atoms with van der Waals surface area (Å²) >= 11 is 6.00. The molecule has 0 aliphatic heterocycles. The molecule has 0 aromatic heterocycles. The molecule has 0 heterocycles. The highest BCUT2D eigenvalue weighted by atomic mass is 35.5. The van der Waals surface area contributed by atoms with Gasteiger partial charge in [0.1, 0.15) is 0 Å². The minimum absolute atomic E-state index is 0.0234. The van der Waals surface area contributed by atoms with E-state index in [0.717, 1.165) is 24.3 Å². The predicted molar refractivity (Wildman–Crippen MR) is 82.5 cm³/mol. The lowest BCUT2D eigenvalue weighted by Gasteiger charge is -2.13.